The molecule has 2 heterocycles. The molecule has 2 aromatic rings. The molecule has 0 aliphatic carbocycles. The molecule has 24 heavy (non-hydrogen) atoms. The van der Waals surface area contributed by atoms with Gasteiger partial charge < -0.3 is 10.1 Å². The number of pyridine rings is 1. The van der Waals surface area contributed by atoms with Crippen LogP contribution in [0.3, 0.4) is 0 Å². The average Bonchev–Trinajstić information content (AvgIpc) is 2.62. The van der Waals surface area contributed by atoms with Gasteiger partial charge in [0.25, 0.3) is 0 Å². The number of anilines is 1. The van der Waals surface area contributed by atoms with Gasteiger partial charge in [0.15, 0.2) is 5.69 Å². The molecule has 0 saturated carbocycles. The van der Waals surface area contributed by atoms with Gasteiger partial charge in [0, 0.05) is 19.1 Å². The Balaban J connectivity index is 1.70. The van der Waals surface area contributed by atoms with E-state index in [1.165, 1.54) is 11.1 Å². The smallest absolute Gasteiger partial charge is 0.161 e. The van der Waals surface area contributed by atoms with E-state index in [1.807, 2.05) is 6.07 Å². The van der Waals surface area contributed by atoms with Gasteiger partial charge in [0.05, 0.1) is 11.1 Å². The lowest BCUT2D eigenvalue weighted by Crippen LogP contribution is -2.28. The van der Waals surface area contributed by atoms with E-state index in [2.05, 4.69) is 41.5 Å². The third-order valence-corrected chi connectivity index (χ3v) is 4.65. The predicted molar refractivity (Wildman–Crippen MR) is 95.0 cm³/mol. The van der Waals surface area contributed by atoms with E-state index in [-0.39, 0.29) is 11.8 Å². The maximum atomic E-state index is 9.03. The van der Waals surface area contributed by atoms with Crippen LogP contribution in [0.2, 0.25) is 5.02 Å². The quantitative estimate of drug-likeness (QED) is 0.889. The molecule has 1 aliphatic heterocycles. The Morgan fingerprint density at radius 3 is 2.83 bits per heavy atom. The second kappa shape index (κ2) is 7.65. The largest absolute Gasteiger partial charge is 0.373 e. The first kappa shape index (κ1) is 16.8. The minimum Gasteiger partial charge on any atom is -0.373 e. The summed E-state index contributed by atoms with van der Waals surface area (Å²) in [7, 11) is 0. The van der Waals surface area contributed by atoms with Crippen LogP contribution in [0, 0.1) is 24.2 Å². The Morgan fingerprint density at radius 1 is 1.29 bits per heavy atom. The van der Waals surface area contributed by atoms with Crippen LogP contribution in [0.4, 0.5) is 5.82 Å². The van der Waals surface area contributed by atoms with Gasteiger partial charge in [-0.1, -0.05) is 41.4 Å². The van der Waals surface area contributed by atoms with E-state index >= 15 is 0 Å². The first-order chi connectivity index (χ1) is 11.7. The van der Waals surface area contributed by atoms with Crippen molar-refractivity contribution in [1.29, 1.82) is 5.26 Å². The van der Waals surface area contributed by atoms with Gasteiger partial charge in [-0.15, -0.1) is 0 Å². The monoisotopic (exact) mass is 341 g/mol. The molecular weight excluding hydrogens is 322 g/mol. The summed E-state index contributed by atoms with van der Waals surface area (Å²) in [5, 5.41) is 12.7. The molecule has 1 fully saturated rings. The van der Waals surface area contributed by atoms with Crippen molar-refractivity contribution >= 4 is 17.4 Å². The lowest BCUT2D eigenvalue weighted by Gasteiger charge is -2.32. The van der Waals surface area contributed by atoms with E-state index in [0.29, 0.717) is 16.8 Å². The maximum Gasteiger partial charge on any atom is 0.161 e. The Kier molecular flexibility index (Phi) is 5.34. The Hall–Kier alpha value is -2.09. The van der Waals surface area contributed by atoms with Crippen molar-refractivity contribution in [2.75, 3.05) is 18.5 Å². The molecule has 1 N–H and O–H groups in total. The number of aryl methyl sites for hydroxylation is 1. The number of rotatable bonds is 4. The first-order valence-electron chi connectivity index (χ1n) is 8.16. The highest BCUT2D eigenvalue weighted by molar-refractivity contribution is 6.31. The van der Waals surface area contributed by atoms with Gasteiger partial charge >= 0.3 is 0 Å². The SMILES string of the molecule is Cc1ccc(C2OCCCC2CNc2ccc(Cl)c(C#N)n2)cc1. The number of nitriles is 1. The summed E-state index contributed by atoms with van der Waals surface area (Å²) in [6.45, 7) is 3.63. The van der Waals surface area contributed by atoms with Crippen LogP contribution in [0.5, 0.6) is 0 Å². The summed E-state index contributed by atoms with van der Waals surface area (Å²) in [6, 6.07) is 14.0. The summed E-state index contributed by atoms with van der Waals surface area (Å²) in [5.74, 6) is 1.04. The number of aromatic nitrogens is 1. The highest BCUT2D eigenvalue weighted by Gasteiger charge is 2.27. The number of nitrogens with one attached hydrogen (secondary N) is 1. The number of halogens is 1. The summed E-state index contributed by atoms with van der Waals surface area (Å²) in [5.41, 5.74) is 2.71. The first-order valence-corrected chi connectivity index (χ1v) is 8.54. The number of hydrogen-bond acceptors (Lipinski definition) is 4. The number of benzene rings is 1. The van der Waals surface area contributed by atoms with E-state index in [4.69, 9.17) is 21.6 Å². The zero-order valence-electron chi connectivity index (χ0n) is 13.6. The van der Waals surface area contributed by atoms with E-state index in [9.17, 15) is 0 Å². The predicted octanol–water partition coefficient (Wildman–Crippen LogP) is 4.49. The van der Waals surface area contributed by atoms with Crippen LogP contribution >= 0.6 is 11.6 Å². The molecule has 0 bridgehead atoms. The molecular formula is C19H20ClN3O. The van der Waals surface area contributed by atoms with Crippen LogP contribution in [0.1, 0.15) is 35.8 Å². The van der Waals surface area contributed by atoms with Crippen molar-refractivity contribution in [2.24, 2.45) is 5.92 Å². The lowest BCUT2D eigenvalue weighted by atomic mass is 9.89. The van der Waals surface area contributed by atoms with Crippen molar-refractivity contribution < 1.29 is 4.74 Å². The zero-order chi connectivity index (χ0) is 16.9. The minimum absolute atomic E-state index is 0.0922. The summed E-state index contributed by atoms with van der Waals surface area (Å²) < 4.78 is 6.04. The van der Waals surface area contributed by atoms with Gasteiger partial charge in [-0.2, -0.15) is 5.26 Å². The van der Waals surface area contributed by atoms with E-state index < -0.39 is 0 Å². The van der Waals surface area contributed by atoms with Gasteiger partial charge in [-0.3, -0.25) is 0 Å². The van der Waals surface area contributed by atoms with Crippen molar-refractivity contribution in [1.82, 2.24) is 4.98 Å². The molecule has 124 valence electrons. The summed E-state index contributed by atoms with van der Waals surface area (Å²) >= 11 is 5.93. The normalized spacial score (nSPS) is 20.4. The molecule has 0 spiro atoms. The molecule has 1 saturated heterocycles. The van der Waals surface area contributed by atoms with Crippen molar-refractivity contribution in [3.8, 4) is 6.07 Å². The fourth-order valence-electron chi connectivity index (χ4n) is 3.03. The van der Waals surface area contributed by atoms with E-state index in [0.717, 1.165) is 26.0 Å². The third kappa shape index (κ3) is 3.87. The van der Waals surface area contributed by atoms with Crippen LogP contribution in [-0.2, 0) is 4.74 Å². The van der Waals surface area contributed by atoms with Gasteiger partial charge in [0.2, 0.25) is 0 Å². The average molecular weight is 342 g/mol. The van der Waals surface area contributed by atoms with Crippen molar-refractivity contribution in [2.45, 2.75) is 25.9 Å². The molecule has 1 aromatic heterocycles. The van der Waals surface area contributed by atoms with Crippen LogP contribution in [-0.4, -0.2) is 18.1 Å². The van der Waals surface area contributed by atoms with Crippen LogP contribution in [0.25, 0.3) is 0 Å². The summed E-state index contributed by atoms with van der Waals surface area (Å²) in [4.78, 5) is 4.24. The number of nitrogens with zero attached hydrogens (tertiary/aromatic N) is 2. The lowest BCUT2D eigenvalue weighted by molar-refractivity contribution is -0.0238. The molecule has 2 unspecified atom stereocenters. The zero-order valence-corrected chi connectivity index (χ0v) is 14.4. The van der Waals surface area contributed by atoms with Gasteiger partial charge in [0.1, 0.15) is 11.9 Å². The highest BCUT2D eigenvalue weighted by atomic mass is 35.5. The van der Waals surface area contributed by atoms with Crippen molar-refractivity contribution in [3.05, 3.63) is 58.2 Å². The van der Waals surface area contributed by atoms with Gasteiger partial charge in [-0.25, -0.2) is 4.98 Å². The third-order valence-electron chi connectivity index (χ3n) is 4.35. The Bertz CT molecular complexity index is 739. The second-order valence-electron chi connectivity index (χ2n) is 6.12. The standard InChI is InChI=1S/C19H20ClN3O/c1-13-4-6-14(7-5-13)19-15(3-2-10-24-19)12-22-18-9-8-16(20)17(11-21)23-18/h4-9,15,19H,2-3,10,12H2,1H3,(H,22,23). The topological polar surface area (TPSA) is 57.9 Å². The molecule has 3 rings (SSSR count). The van der Waals surface area contributed by atoms with Crippen LogP contribution < -0.4 is 5.32 Å². The summed E-state index contributed by atoms with van der Waals surface area (Å²) in [6.07, 6.45) is 2.26. The minimum atomic E-state index is 0.0922. The number of ether oxygens (including phenoxy) is 1. The molecule has 1 aliphatic rings. The molecule has 5 heteroatoms. The van der Waals surface area contributed by atoms with Crippen molar-refractivity contribution in [3.63, 3.8) is 0 Å². The highest BCUT2D eigenvalue weighted by Crippen LogP contribution is 2.34. The molecule has 2 atom stereocenters. The molecule has 4 nitrogen and oxygen atoms in total. The fourth-order valence-corrected chi connectivity index (χ4v) is 3.18. The molecule has 0 radical (unpaired) electrons. The number of hydrogen-bond donors (Lipinski definition) is 1. The molecule has 0 amide bonds. The maximum absolute atomic E-state index is 9.03. The van der Waals surface area contributed by atoms with Crippen LogP contribution in [0.15, 0.2) is 36.4 Å². The molecule has 1 aromatic carbocycles. The van der Waals surface area contributed by atoms with Gasteiger partial charge in [-0.05, 0) is 37.5 Å². The second-order valence-corrected chi connectivity index (χ2v) is 6.53. The fraction of sp³-hybridized carbons (Fsp3) is 0.368. The van der Waals surface area contributed by atoms with E-state index in [1.54, 1.807) is 12.1 Å². The Morgan fingerprint density at radius 2 is 2.08 bits per heavy atom. The Labute approximate surface area is 147 Å².